The van der Waals surface area contributed by atoms with Crippen LogP contribution in [-0.2, 0) is 7.05 Å². The molecule has 5 heteroatoms. The lowest BCUT2D eigenvalue weighted by atomic mass is 10.1. The van der Waals surface area contributed by atoms with Gasteiger partial charge in [-0.25, -0.2) is 0 Å². The number of nitrogens with zero attached hydrogens (tertiary/aromatic N) is 2. The van der Waals surface area contributed by atoms with Gasteiger partial charge >= 0.3 is 0 Å². The van der Waals surface area contributed by atoms with Crippen molar-refractivity contribution >= 4 is 11.6 Å². The summed E-state index contributed by atoms with van der Waals surface area (Å²) in [4.78, 5) is 11.9. The Labute approximate surface area is 125 Å². The molecule has 1 unspecified atom stereocenters. The van der Waals surface area contributed by atoms with Crippen LogP contribution < -0.4 is 10.6 Å². The van der Waals surface area contributed by atoms with E-state index in [9.17, 15) is 4.79 Å². The first-order chi connectivity index (χ1) is 10.0. The number of carbonyl (C=O) groups excluding carboxylic acids is 1. The van der Waals surface area contributed by atoms with Crippen molar-refractivity contribution in [2.75, 3.05) is 11.9 Å². The van der Waals surface area contributed by atoms with Crippen LogP contribution in [0.1, 0.15) is 41.5 Å². The Morgan fingerprint density at radius 2 is 2.14 bits per heavy atom. The molecule has 2 N–H and O–H groups in total. The number of carbonyl (C=O) groups is 1. The molecule has 2 aromatic rings. The Bertz CT molecular complexity index is 633. The summed E-state index contributed by atoms with van der Waals surface area (Å²) in [6, 6.07) is 7.80. The largest absolute Gasteiger partial charge is 0.377 e. The van der Waals surface area contributed by atoms with Crippen LogP contribution in [0.5, 0.6) is 0 Å². The lowest BCUT2D eigenvalue weighted by Crippen LogP contribution is -2.23. The molecule has 21 heavy (non-hydrogen) atoms. The van der Waals surface area contributed by atoms with E-state index in [1.807, 2.05) is 49.8 Å². The van der Waals surface area contributed by atoms with Crippen LogP contribution in [0.2, 0.25) is 0 Å². The molecule has 1 heterocycles. The van der Waals surface area contributed by atoms with Gasteiger partial charge in [-0.15, -0.1) is 0 Å². The van der Waals surface area contributed by atoms with Crippen molar-refractivity contribution in [2.45, 2.75) is 26.8 Å². The van der Waals surface area contributed by atoms with Gasteiger partial charge in [0.1, 0.15) is 0 Å². The van der Waals surface area contributed by atoms with Gasteiger partial charge in [-0.2, -0.15) is 5.10 Å². The number of aromatic nitrogens is 2. The molecule has 1 aromatic heterocycles. The van der Waals surface area contributed by atoms with Crippen LogP contribution in [0.4, 0.5) is 5.69 Å². The van der Waals surface area contributed by atoms with E-state index in [1.54, 1.807) is 6.20 Å². The first kappa shape index (κ1) is 15.1. The molecule has 1 amide bonds. The van der Waals surface area contributed by atoms with Gasteiger partial charge in [0.05, 0.1) is 11.7 Å². The van der Waals surface area contributed by atoms with E-state index >= 15 is 0 Å². The maximum absolute atomic E-state index is 11.9. The van der Waals surface area contributed by atoms with Gasteiger partial charge in [0.25, 0.3) is 5.91 Å². The van der Waals surface area contributed by atoms with Crippen molar-refractivity contribution in [1.82, 2.24) is 15.1 Å². The first-order valence-corrected chi connectivity index (χ1v) is 7.16. The number of hydrogen-bond donors (Lipinski definition) is 2. The zero-order valence-electron chi connectivity index (χ0n) is 13.0. The molecule has 5 nitrogen and oxygen atoms in total. The number of nitrogens with one attached hydrogen (secondary N) is 2. The maximum atomic E-state index is 11.9. The molecule has 2 rings (SSSR count). The fourth-order valence-corrected chi connectivity index (χ4v) is 2.30. The van der Waals surface area contributed by atoms with Gasteiger partial charge in [0.15, 0.2) is 0 Å². The lowest BCUT2D eigenvalue weighted by Gasteiger charge is -2.18. The monoisotopic (exact) mass is 286 g/mol. The minimum Gasteiger partial charge on any atom is -0.377 e. The second-order valence-electron chi connectivity index (χ2n) is 5.13. The average molecular weight is 286 g/mol. The molecule has 0 bridgehead atoms. The van der Waals surface area contributed by atoms with Crippen LogP contribution in [0.15, 0.2) is 30.5 Å². The smallest absolute Gasteiger partial charge is 0.251 e. The van der Waals surface area contributed by atoms with E-state index in [4.69, 9.17) is 0 Å². The summed E-state index contributed by atoms with van der Waals surface area (Å²) >= 11 is 0. The van der Waals surface area contributed by atoms with Crippen molar-refractivity contribution in [3.63, 3.8) is 0 Å². The molecule has 112 valence electrons. The van der Waals surface area contributed by atoms with Gasteiger partial charge < -0.3 is 10.6 Å². The third kappa shape index (κ3) is 3.42. The SMILES string of the molecule is CCNC(=O)c1ccc(C)c(NC(C)c2ccnn2C)c1. The van der Waals surface area contributed by atoms with Crippen LogP contribution in [-0.4, -0.2) is 22.2 Å². The summed E-state index contributed by atoms with van der Waals surface area (Å²) in [5, 5.41) is 10.5. The molecule has 1 atom stereocenters. The van der Waals surface area contributed by atoms with Crippen LogP contribution in [0.25, 0.3) is 0 Å². The molecule has 1 aromatic carbocycles. The molecule has 0 aliphatic heterocycles. The Morgan fingerprint density at radius 3 is 2.76 bits per heavy atom. The molecule has 0 saturated heterocycles. The van der Waals surface area contributed by atoms with Crippen molar-refractivity contribution in [2.24, 2.45) is 7.05 Å². The number of aryl methyl sites for hydroxylation is 2. The normalized spacial score (nSPS) is 12.0. The van der Waals surface area contributed by atoms with E-state index in [-0.39, 0.29) is 11.9 Å². The van der Waals surface area contributed by atoms with Gasteiger partial charge in [-0.1, -0.05) is 6.07 Å². The Balaban J connectivity index is 2.21. The molecule has 0 aliphatic rings. The second kappa shape index (κ2) is 6.43. The van der Waals surface area contributed by atoms with Crippen LogP contribution in [0.3, 0.4) is 0 Å². The van der Waals surface area contributed by atoms with Crippen molar-refractivity contribution in [3.05, 3.63) is 47.3 Å². The number of rotatable bonds is 5. The topological polar surface area (TPSA) is 59.0 Å². The van der Waals surface area contributed by atoms with Gasteiger partial charge in [-0.3, -0.25) is 9.48 Å². The predicted molar refractivity (Wildman–Crippen MR) is 84.4 cm³/mol. The minimum atomic E-state index is -0.0475. The van der Waals surface area contributed by atoms with E-state index in [2.05, 4.69) is 22.7 Å². The molecule has 0 spiro atoms. The molecule has 0 saturated carbocycles. The molecular formula is C16H22N4O. The van der Waals surface area contributed by atoms with E-state index in [0.717, 1.165) is 16.9 Å². The summed E-state index contributed by atoms with van der Waals surface area (Å²) in [5.41, 5.74) is 3.84. The highest BCUT2D eigenvalue weighted by molar-refractivity contribution is 5.95. The predicted octanol–water partition coefficient (Wildman–Crippen LogP) is 2.65. The van der Waals surface area contributed by atoms with E-state index < -0.39 is 0 Å². The van der Waals surface area contributed by atoms with Crippen LogP contribution in [0, 0.1) is 6.92 Å². The highest BCUT2D eigenvalue weighted by Crippen LogP contribution is 2.23. The molecule has 0 radical (unpaired) electrons. The van der Waals surface area contributed by atoms with Crippen molar-refractivity contribution < 1.29 is 4.79 Å². The third-order valence-corrected chi connectivity index (χ3v) is 3.51. The highest BCUT2D eigenvalue weighted by atomic mass is 16.1. The number of amides is 1. The maximum Gasteiger partial charge on any atom is 0.251 e. The van der Waals surface area contributed by atoms with Gasteiger partial charge in [-0.05, 0) is 44.5 Å². The zero-order chi connectivity index (χ0) is 15.4. The summed E-state index contributed by atoms with van der Waals surface area (Å²) in [6.07, 6.45) is 1.78. The molecule has 0 fully saturated rings. The minimum absolute atomic E-state index is 0.0475. The molecule has 0 aliphatic carbocycles. The zero-order valence-corrected chi connectivity index (χ0v) is 13.0. The number of anilines is 1. The third-order valence-electron chi connectivity index (χ3n) is 3.51. The van der Waals surface area contributed by atoms with Crippen molar-refractivity contribution in [3.8, 4) is 0 Å². The summed E-state index contributed by atoms with van der Waals surface area (Å²) in [7, 11) is 1.92. The van der Waals surface area contributed by atoms with Crippen molar-refractivity contribution in [1.29, 1.82) is 0 Å². The fraction of sp³-hybridized carbons (Fsp3) is 0.375. The highest BCUT2D eigenvalue weighted by Gasteiger charge is 2.12. The van der Waals surface area contributed by atoms with E-state index in [1.165, 1.54) is 0 Å². The quantitative estimate of drug-likeness (QED) is 0.888. The Morgan fingerprint density at radius 1 is 1.38 bits per heavy atom. The van der Waals surface area contributed by atoms with E-state index in [0.29, 0.717) is 12.1 Å². The summed E-state index contributed by atoms with van der Waals surface area (Å²) in [6.45, 7) is 6.64. The van der Waals surface area contributed by atoms with Crippen LogP contribution >= 0.6 is 0 Å². The van der Waals surface area contributed by atoms with Gasteiger partial charge in [0.2, 0.25) is 0 Å². The number of hydrogen-bond acceptors (Lipinski definition) is 3. The average Bonchev–Trinajstić information content (AvgIpc) is 2.87. The number of benzene rings is 1. The standard InChI is InChI=1S/C16H22N4O/c1-5-17-16(21)13-7-6-11(2)14(10-13)19-12(3)15-8-9-18-20(15)4/h6-10,12,19H,5H2,1-4H3,(H,17,21). The summed E-state index contributed by atoms with van der Waals surface area (Å²) < 4.78 is 1.85. The Kier molecular flexibility index (Phi) is 4.62. The summed E-state index contributed by atoms with van der Waals surface area (Å²) in [5.74, 6) is -0.0475. The Hall–Kier alpha value is -2.30. The second-order valence-corrected chi connectivity index (χ2v) is 5.13. The fourth-order valence-electron chi connectivity index (χ4n) is 2.30. The molecular weight excluding hydrogens is 264 g/mol. The van der Waals surface area contributed by atoms with Gasteiger partial charge in [0, 0.05) is 31.0 Å². The first-order valence-electron chi connectivity index (χ1n) is 7.16. The lowest BCUT2D eigenvalue weighted by molar-refractivity contribution is 0.0956.